The Hall–Kier alpha value is -1.90. The van der Waals surface area contributed by atoms with Crippen LogP contribution in [0, 0.1) is 6.92 Å². The van der Waals surface area contributed by atoms with E-state index < -0.39 is 5.97 Å². The fourth-order valence-corrected chi connectivity index (χ4v) is 1.94. The maximum atomic E-state index is 10.4. The number of fused-ring (bicyclic) bond motifs is 1. The van der Waals surface area contributed by atoms with Crippen molar-refractivity contribution in [1.82, 2.24) is 4.98 Å². The van der Waals surface area contributed by atoms with Crippen LogP contribution in [-0.4, -0.2) is 16.1 Å². The van der Waals surface area contributed by atoms with Gasteiger partial charge in [0.05, 0.1) is 5.52 Å². The van der Waals surface area contributed by atoms with Gasteiger partial charge in [-0.3, -0.25) is 9.78 Å². The van der Waals surface area contributed by atoms with Crippen molar-refractivity contribution in [3.63, 3.8) is 0 Å². The number of aliphatic carboxylic acids is 1. The third kappa shape index (κ3) is 2.81. The molecule has 0 aliphatic heterocycles. The largest absolute Gasteiger partial charge is 0.481 e. The number of aryl methyl sites for hydroxylation is 2. The van der Waals surface area contributed by atoms with Crippen molar-refractivity contribution < 1.29 is 9.90 Å². The number of nitrogens with zero attached hydrogens (tertiary/aromatic N) is 1. The summed E-state index contributed by atoms with van der Waals surface area (Å²) < 4.78 is 0. The van der Waals surface area contributed by atoms with Crippen LogP contribution in [0.25, 0.3) is 10.9 Å². The predicted molar refractivity (Wildman–Crippen MR) is 67.1 cm³/mol. The molecule has 0 fully saturated rings. The summed E-state index contributed by atoms with van der Waals surface area (Å²) in [5.74, 6) is -0.741. The maximum absolute atomic E-state index is 10.4. The van der Waals surface area contributed by atoms with Gasteiger partial charge in [0.1, 0.15) is 0 Å². The van der Waals surface area contributed by atoms with Crippen LogP contribution in [0.5, 0.6) is 0 Å². The first kappa shape index (κ1) is 11.6. The lowest BCUT2D eigenvalue weighted by atomic mass is 10.1. The van der Waals surface area contributed by atoms with E-state index in [0.717, 1.165) is 22.9 Å². The molecule has 1 heterocycles. The third-order valence-electron chi connectivity index (χ3n) is 2.83. The smallest absolute Gasteiger partial charge is 0.303 e. The highest BCUT2D eigenvalue weighted by Gasteiger charge is 2.02. The molecular formula is C14H15NO2. The average molecular weight is 229 g/mol. The van der Waals surface area contributed by atoms with Crippen molar-refractivity contribution in [1.29, 1.82) is 0 Å². The molecule has 0 radical (unpaired) electrons. The Labute approximate surface area is 100 Å². The van der Waals surface area contributed by atoms with Gasteiger partial charge >= 0.3 is 5.97 Å². The Bertz CT molecular complexity index is 549. The summed E-state index contributed by atoms with van der Waals surface area (Å²) in [5.41, 5.74) is 3.29. The van der Waals surface area contributed by atoms with Gasteiger partial charge in [-0.2, -0.15) is 0 Å². The number of benzene rings is 1. The predicted octanol–water partition coefficient (Wildman–Crippen LogP) is 2.95. The van der Waals surface area contributed by atoms with Gasteiger partial charge in [-0.05, 0) is 37.0 Å². The molecule has 3 heteroatoms. The number of carboxylic acid groups (broad SMARTS) is 1. The molecule has 0 amide bonds. The van der Waals surface area contributed by atoms with Crippen molar-refractivity contribution in [3.05, 3.63) is 41.6 Å². The third-order valence-corrected chi connectivity index (χ3v) is 2.83. The number of pyridine rings is 1. The summed E-state index contributed by atoms with van der Waals surface area (Å²) in [5, 5.41) is 9.71. The fourth-order valence-electron chi connectivity index (χ4n) is 1.94. The second-order valence-corrected chi connectivity index (χ2v) is 4.24. The van der Waals surface area contributed by atoms with E-state index in [1.807, 2.05) is 31.3 Å². The average Bonchev–Trinajstić information content (AvgIpc) is 2.29. The minimum atomic E-state index is -0.741. The number of rotatable bonds is 4. The van der Waals surface area contributed by atoms with Crippen LogP contribution in [0.1, 0.15) is 24.0 Å². The molecule has 0 aliphatic carbocycles. The first-order valence-electron chi connectivity index (χ1n) is 5.73. The van der Waals surface area contributed by atoms with Crippen LogP contribution in [0.4, 0.5) is 0 Å². The van der Waals surface area contributed by atoms with Gasteiger partial charge in [0.25, 0.3) is 0 Å². The second-order valence-electron chi connectivity index (χ2n) is 4.24. The lowest BCUT2D eigenvalue weighted by Crippen LogP contribution is -1.96. The summed E-state index contributed by atoms with van der Waals surface area (Å²) in [6.45, 7) is 2.04. The van der Waals surface area contributed by atoms with Crippen LogP contribution in [0.3, 0.4) is 0 Å². The molecule has 3 nitrogen and oxygen atoms in total. The zero-order valence-electron chi connectivity index (χ0n) is 9.81. The van der Waals surface area contributed by atoms with Crippen LogP contribution in [0.15, 0.2) is 30.5 Å². The van der Waals surface area contributed by atoms with E-state index in [1.54, 1.807) is 0 Å². The van der Waals surface area contributed by atoms with E-state index in [9.17, 15) is 4.79 Å². The highest BCUT2D eigenvalue weighted by molar-refractivity contribution is 5.81. The van der Waals surface area contributed by atoms with Gasteiger partial charge < -0.3 is 5.11 Å². The quantitative estimate of drug-likeness (QED) is 0.876. The van der Waals surface area contributed by atoms with Gasteiger partial charge in [0, 0.05) is 18.0 Å². The Morgan fingerprint density at radius 3 is 3.00 bits per heavy atom. The van der Waals surface area contributed by atoms with E-state index in [2.05, 4.69) is 11.1 Å². The summed E-state index contributed by atoms with van der Waals surface area (Å²) in [7, 11) is 0. The number of carboxylic acids is 1. The summed E-state index contributed by atoms with van der Waals surface area (Å²) >= 11 is 0. The van der Waals surface area contributed by atoms with Gasteiger partial charge in [-0.25, -0.2) is 0 Å². The van der Waals surface area contributed by atoms with E-state index in [0.29, 0.717) is 6.42 Å². The van der Waals surface area contributed by atoms with Gasteiger partial charge in [-0.1, -0.05) is 18.2 Å². The Morgan fingerprint density at radius 2 is 2.24 bits per heavy atom. The molecule has 88 valence electrons. The molecule has 1 N–H and O–H groups in total. The first-order chi connectivity index (χ1) is 8.16. The van der Waals surface area contributed by atoms with Crippen LogP contribution in [-0.2, 0) is 11.2 Å². The molecule has 0 saturated carbocycles. The molecule has 1 aromatic heterocycles. The standard InChI is InChI=1S/C14H15NO2/c1-10-4-2-6-12-8-11(9-15-14(10)12)5-3-7-13(16)17/h2,4,6,8-9H,3,5,7H2,1H3,(H,16,17). The maximum Gasteiger partial charge on any atom is 0.303 e. The van der Waals surface area contributed by atoms with E-state index in [4.69, 9.17) is 5.11 Å². The normalized spacial score (nSPS) is 10.6. The molecule has 0 bridgehead atoms. The highest BCUT2D eigenvalue weighted by Crippen LogP contribution is 2.17. The molecule has 0 spiro atoms. The van der Waals surface area contributed by atoms with Crippen molar-refractivity contribution in [2.24, 2.45) is 0 Å². The Balaban J connectivity index is 2.17. The SMILES string of the molecule is Cc1cccc2cc(CCCC(=O)O)cnc12. The first-order valence-corrected chi connectivity index (χ1v) is 5.73. The van der Waals surface area contributed by atoms with Crippen molar-refractivity contribution in [3.8, 4) is 0 Å². The minimum Gasteiger partial charge on any atom is -0.481 e. The molecule has 0 aliphatic rings. The molecule has 0 atom stereocenters. The molecule has 1 aromatic carbocycles. The van der Waals surface area contributed by atoms with Crippen LogP contribution in [0.2, 0.25) is 0 Å². The molecule has 0 unspecified atom stereocenters. The van der Waals surface area contributed by atoms with Crippen molar-refractivity contribution >= 4 is 16.9 Å². The van der Waals surface area contributed by atoms with Gasteiger partial charge in [0.15, 0.2) is 0 Å². The van der Waals surface area contributed by atoms with E-state index in [1.165, 1.54) is 5.56 Å². The Kier molecular flexibility index (Phi) is 3.38. The highest BCUT2D eigenvalue weighted by atomic mass is 16.4. The summed E-state index contributed by atoms with van der Waals surface area (Å²) in [4.78, 5) is 14.9. The number of aromatic nitrogens is 1. The van der Waals surface area contributed by atoms with Crippen LogP contribution >= 0.6 is 0 Å². The topological polar surface area (TPSA) is 50.2 Å². The minimum absolute atomic E-state index is 0.214. The number of carbonyl (C=O) groups is 1. The monoisotopic (exact) mass is 229 g/mol. The van der Waals surface area contributed by atoms with Crippen LogP contribution < -0.4 is 0 Å². The molecule has 0 saturated heterocycles. The zero-order chi connectivity index (χ0) is 12.3. The number of hydrogen-bond acceptors (Lipinski definition) is 2. The van der Waals surface area contributed by atoms with Gasteiger partial charge in [0.2, 0.25) is 0 Å². The van der Waals surface area contributed by atoms with Gasteiger partial charge in [-0.15, -0.1) is 0 Å². The Morgan fingerprint density at radius 1 is 1.41 bits per heavy atom. The molecule has 2 aromatic rings. The second kappa shape index (κ2) is 4.95. The lowest BCUT2D eigenvalue weighted by molar-refractivity contribution is -0.137. The number of para-hydroxylation sites is 1. The van der Waals surface area contributed by atoms with Crippen molar-refractivity contribution in [2.45, 2.75) is 26.2 Å². The fraction of sp³-hybridized carbons (Fsp3) is 0.286. The summed E-state index contributed by atoms with van der Waals surface area (Å²) in [6.07, 6.45) is 3.49. The molecule has 2 rings (SSSR count). The van der Waals surface area contributed by atoms with Crippen molar-refractivity contribution in [2.75, 3.05) is 0 Å². The lowest BCUT2D eigenvalue weighted by Gasteiger charge is -2.04. The molecular weight excluding hydrogens is 214 g/mol. The molecule has 17 heavy (non-hydrogen) atoms. The van der Waals surface area contributed by atoms with E-state index in [-0.39, 0.29) is 6.42 Å². The number of hydrogen-bond donors (Lipinski definition) is 1. The summed E-state index contributed by atoms with van der Waals surface area (Å²) in [6, 6.07) is 8.19. The van der Waals surface area contributed by atoms with E-state index >= 15 is 0 Å². The zero-order valence-corrected chi connectivity index (χ0v) is 9.81.